The van der Waals surface area contributed by atoms with Gasteiger partial charge in [0.2, 0.25) is 0 Å². The van der Waals surface area contributed by atoms with Crippen LogP contribution in [-0.4, -0.2) is 111 Å². The first-order valence-corrected chi connectivity index (χ1v) is 57.0. The van der Waals surface area contributed by atoms with Crippen molar-refractivity contribution in [1.29, 1.82) is 0 Å². The topological polar surface area (TPSA) is 187 Å². The first kappa shape index (κ1) is 130. The molecule has 1 aliphatic carbocycles. The van der Waals surface area contributed by atoms with E-state index < -0.39 is 48.1 Å². The lowest BCUT2D eigenvalue weighted by molar-refractivity contribution is -0.199. The number of carbonyl (C=O) groups excluding carboxylic acids is 7. The van der Waals surface area contributed by atoms with Gasteiger partial charge in [-0.15, -0.1) is 0 Å². The predicted octanol–water partition coefficient (Wildman–Crippen LogP) is 35.4. The Morgan fingerprint density at radius 1 is 0.257 bits per heavy atom. The summed E-state index contributed by atoms with van der Waals surface area (Å²) in [6.45, 7) is 14.3. The summed E-state index contributed by atoms with van der Waals surface area (Å²) in [6, 6.07) is 0. The summed E-state index contributed by atoms with van der Waals surface area (Å²) < 4.78 is 43.1. The lowest BCUT2D eigenvalue weighted by Gasteiger charge is -2.39. The smallest absolute Gasteiger partial charge is 0.309 e. The van der Waals surface area contributed by atoms with Gasteiger partial charge < -0.3 is 38.1 Å². The highest BCUT2D eigenvalue weighted by Crippen LogP contribution is 2.35. The molecule has 0 spiro atoms. The van der Waals surface area contributed by atoms with Crippen molar-refractivity contribution in [2.24, 2.45) is 5.92 Å². The molecule has 0 radical (unpaired) electrons. The highest BCUT2D eigenvalue weighted by molar-refractivity contribution is 5.75. The Labute approximate surface area is 837 Å². The van der Waals surface area contributed by atoms with Gasteiger partial charge in [-0.25, -0.2) is 0 Å². The van der Waals surface area contributed by atoms with Gasteiger partial charge in [-0.1, -0.05) is 370 Å². The van der Waals surface area contributed by atoms with E-state index >= 15 is 0 Å². The summed E-state index contributed by atoms with van der Waals surface area (Å²) in [7, 11) is 3.94. The van der Waals surface area contributed by atoms with E-state index in [9.17, 15) is 33.6 Å². The van der Waals surface area contributed by atoms with Gasteiger partial charge in [0.05, 0.1) is 12.5 Å². The van der Waals surface area contributed by atoms with Crippen LogP contribution >= 0.6 is 0 Å². The highest BCUT2D eigenvalue weighted by Gasteiger charge is 2.47. The fourth-order valence-electron chi connectivity index (χ4n) is 17.4. The minimum Gasteiger partial charge on any atom is -0.465 e. The van der Waals surface area contributed by atoms with Crippen molar-refractivity contribution in [2.45, 2.75) is 586 Å². The molecule has 1 rings (SSSR count). The van der Waals surface area contributed by atoms with Gasteiger partial charge in [-0.05, 0) is 232 Å². The Hall–Kier alpha value is -6.09. The zero-order valence-corrected chi connectivity index (χ0v) is 88.7. The monoisotopic (exact) mass is 1900 g/mol. The molecule has 136 heavy (non-hydrogen) atoms. The molecule has 5 atom stereocenters. The summed E-state index contributed by atoms with van der Waals surface area (Å²) >= 11 is 0. The van der Waals surface area contributed by atoms with Crippen LogP contribution in [0.5, 0.6) is 0 Å². The van der Waals surface area contributed by atoms with E-state index in [2.05, 4.69) is 151 Å². The maximum Gasteiger partial charge on any atom is 0.309 e. The van der Waals surface area contributed by atoms with Gasteiger partial charge in [-0.2, -0.15) is 0 Å². The quantitative estimate of drug-likeness (QED) is 0.0242. The largest absolute Gasteiger partial charge is 0.465 e. The maximum absolute atomic E-state index is 14.1. The molecule has 0 heterocycles. The van der Waals surface area contributed by atoms with Crippen LogP contribution < -0.4 is 0 Å². The molecule has 3 unspecified atom stereocenters. The fourth-order valence-corrected chi connectivity index (χ4v) is 17.4. The summed E-state index contributed by atoms with van der Waals surface area (Å²) in [5, 5.41) is 0. The van der Waals surface area contributed by atoms with Crippen molar-refractivity contribution < 1.29 is 66.7 Å². The summed E-state index contributed by atoms with van der Waals surface area (Å²) in [5.41, 5.74) is 0. The molecular weight excluding hydrogens is 1690 g/mol. The van der Waals surface area contributed by atoms with Crippen molar-refractivity contribution >= 4 is 41.8 Å². The molecule has 0 N–H and O–H groups in total. The summed E-state index contributed by atoms with van der Waals surface area (Å²) in [4.78, 5) is 97.5. The molecule has 1 fully saturated rings. The Morgan fingerprint density at radius 2 is 0.478 bits per heavy atom. The third-order valence-corrected chi connectivity index (χ3v) is 25.9. The van der Waals surface area contributed by atoms with E-state index in [1.54, 1.807) is 0 Å². The third kappa shape index (κ3) is 88.1. The fraction of sp³-hybridized carbons (Fsp3) is 0.793. The molecule has 0 aromatic rings. The van der Waals surface area contributed by atoms with Gasteiger partial charge in [0.15, 0.2) is 6.10 Å². The average Bonchev–Trinajstić information content (AvgIpc) is 0.802. The summed E-state index contributed by atoms with van der Waals surface area (Å²) in [5.74, 6) is -2.77. The lowest BCUT2D eigenvalue weighted by atomic mass is 9.82. The second-order valence-electron chi connectivity index (χ2n) is 39.4. The number of carbonyl (C=O) groups is 7. The number of nitrogens with zero attached hydrogens (tertiary/aromatic N) is 1. The Kier molecular flexibility index (Phi) is 97.3. The SMILES string of the molecule is C.CCCCC/C=C\C/C=C\CCCCCCCC(=O)OC(C/C=C\CCCCCCCC(=O)OC1[C@H](OC(=O)CCCCCCC/C=C\CC(CCCCCC)OC(=O)CCCCCCC/C=C\C/C=C\CCCCC)CC(C(=O)OCCCN(C)C)C[C@H]1OC(=O)CCCCCCC/C=C\CC(CCCCCC)OC(=O)CCCCCCC/C=C\C/C=C\CCCCC)CCCCCC. The van der Waals surface area contributed by atoms with E-state index in [0.29, 0.717) is 44.9 Å². The molecule has 1 aliphatic rings. The number of hydrogen-bond donors (Lipinski definition) is 0. The molecule has 0 aromatic heterocycles. The van der Waals surface area contributed by atoms with E-state index in [1.807, 2.05) is 19.0 Å². The summed E-state index contributed by atoms with van der Waals surface area (Å²) in [6.07, 6.45) is 112. The van der Waals surface area contributed by atoms with Crippen LogP contribution in [-0.2, 0) is 66.7 Å². The molecule has 786 valence electrons. The number of unbranched alkanes of at least 4 members (excludes halogenated alkanes) is 48. The molecule has 0 amide bonds. The second-order valence-corrected chi connectivity index (χ2v) is 39.4. The first-order valence-electron chi connectivity index (χ1n) is 57.0. The van der Waals surface area contributed by atoms with E-state index in [1.165, 1.54) is 135 Å². The van der Waals surface area contributed by atoms with Crippen LogP contribution in [0, 0.1) is 5.92 Å². The van der Waals surface area contributed by atoms with Crippen molar-refractivity contribution in [3.05, 3.63) is 109 Å². The molecule has 0 bridgehead atoms. The molecule has 1 saturated carbocycles. The van der Waals surface area contributed by atoms with Gasteiger partial charge in [0, 0.05) is 77.2 Å². The zero-order valence-electron chi connectivity index (χ0n) is 88.7. The highest BCUT2D eigenvalue weighted by atomic mass is 16.6. The minimum absolute atomic E-state index is 0. The maximum atomic E-state index is 14.1. The molecule has 0 aliphatic heterocycles. The lowest BCUT2D eigenvalue weighted by Crippen LogP contribution is -2.52. The standard InChI is InChI=1S/C120H209NO14.CH4/c1-9-15-21-27-30-33-36-39-42-45-48-51-63-72-84-97-113(122)130-108(91-78-24-18-12-4)94-81-69-60-54-57-66-75-87-100-116(125)133-111-105-107(120(128)129-104-90-103-121(7)8)106-112(134-117(126)101-88-76-67-58-55-61-70-82-95-109(92-79-25-19-13-5)131-114(123)98-85-73-64-52-49-46-43-40-37-34-31-28-22-16-10-2)119(111)135-118(127)102-89-77-68-59-56-62-71-83-96-110(93-80-26-20-14-6)132-115(124)99-86-74-65-53-50-47-44-41-38-35-32-29-23-17-11-3;/h30-35,39-44,69-71,81-83,107-112,119H,9-29,36-38,45-68,72-80,84-106H2,1-8H3;1H4/b33-30-,34-31-,35-32-,42-39-,43-40-,44-41-,81-69-,82-70-,83-71-;/t107?,108?,109?,110?,111-,112-,119?;/m1./s1. The third-order valence-electron chi connectivity index (χ3n) is 25.9. The van der Waals surface area contributed by atoms with Crippen molar-refractivity contribution in [3.63, 3.8) is 0 Å². The van der Waals surface area contributed by atoms with Gasteiger partial charge in [0.25, 0.3) is 0 Å². The minimum atomic E-state index is -1.10. The van der Waals surface area contributed by atoms with E-state index in [4.69, 9.17) is 33.2 Å². The Morgan fingerprint density at radius 3 is 0.743 bits per heavy atom. The second kappa shape index (κ2) is 102. The van der Waals surface area contributed by atoms with Crippen LogP contribution in [0.2, 0.25) is 0 Å². The number of allylic oxidation sites excluding steroid dienone is 15. The molecule has 15 nitrogen and oxygen atoms in total. The first-order chi connectivity index (χ1) is 66.2. The van der Waals surface area contributed by atoms with E-state index in [-0.39, 0.29) is 82.4 Å². The Balaban J connectivity index is 0.000182. The number of esters is 7. The van der Waals surface area contributed by atoms with Crippen LogP contribution in [0.4, 0.5) is 0 Å². The molecular formula is C121H213NO14. The zero-order chi connectivity index (χ0) is 97.9. The normalized spacial score (nSPS) is 15.5. The van der Waals surface area contributed by atoms with Crippen LogP contribution in [0.15, 0.2) is 109 Å². The van der Waals surface area contributed by atoms with Gasteiger partial charge in [-0.3, -0.25) is 33.6 Å². The van der Waals surface area contributed by atoms with Crippen LogP contribution in [0.1, 0.15) is 550 Å². The average molecular weight is 1910 g/mol. The number of ether oxygens (including phenoxy) is 7. The predicted molar refractivity (Wildman–Crippen MR) is 575 cm³/mol. The van der Waals surface area contributed by atoms with Crippen LogP contribution in [0.25, 0.3) is 0 Å². The van der Waals surface area contributed by atoms with Crippen LogP contribution in [0.3, 0.4) is 0 Å². The molecule has 0 aromatic carbocycles. The van der Waals surface area contributed by atoms with Gasteiger partial charge in [0.1, 0.15) is 30.5 Å². The number of rotatable bonds is 98. The Bertz CT molecular complexity index is 2900. The van der Waals surface area contributed by atoms with Crippen molar-refractivity contribution in [3.8, 4) is 0 Å². The number of hydrogen-bond acceptors (Lipinski definition) is 15. The van der Waals surface area contributed by atoms with Crippen molar-refractivity contribution in [1.82, 2.24) is 4.90 Å². The molecule has 0 saturated heterocycles. The molecule has 15 heteroatoms. The van der Waals surface area contributed by atoms with Gasteiger partial charge >= 0.3 is 41.8 Å². The van der Waals surface area contributed by atoms with E-state index in [0.717, 1.165) is 295 Å². The van der Waals surface area contributed by atoms with Crippen molar-refractivity contribution in [2.75, 3.05) is 27.2 Å².